The summed E-state index contributed by atoms with van der Waals surface area (Å²) >= 11 is 12.0. The van der Waals surface area contributed by atoms with Gasteiger partial charge in [0.2, 0.25) is 5.91 Å². The van der Waals surface area contributed by atoms with Gasteiger partial charge in [-0.15, -0.1) is 0 Å². The lowest BCUT2D eigenvalue weighted by Gasteiger charge is -2.34. The Balaban J connectivity index is 1.44. The first kappa shape index (κ1) is 19.6. The van der Waals surface area contributed by atoms with Crippen molar-refractivity contribution in [2.24, 2.45) is 0 Å². The van der Waals surface area contributed by atoms with Gasteiger partial charge < -0.3 is 4.90 Å². The Morgan fingerprint density at radius 3 is 2.56 bits per heavy atom. The summed E-state index contributed by atoms with van der Waals surface area (Å²) in [6, 6.07) is 5.61. The minimum absolute atomic E-state index is 0.0299. The number of nitrogens with zero attached hydrogens (tertiary/aromatic N) is 5. The highest BCUT2D eigenvalue weighted by Crippen LogP contribution is 2.23. The molecular weight excluding hydrogens is 393 g/mol. The molecule has 1 amide bonds. The van der Waals surface area contributed by atoms with Crippen LogP contribution in [-0.4, -0.2) is 56.6 Å². The fraction of sp³-hybridized carbons (Fsp3) is 0.412. The Morgan fingerprint density at radius 2 is 1.93 bits per heavy atom. The van der Waals surface area contributed by atoms with Crippen molar-refractivity contribution in [2.75, 3.05) is 26.2 Å². The molecule has 0 aliphatic carbocycles. The summed E-state index contributed by atoms with van der Waals surface area (Å²) in [6.45, 7) is 3.95. The van der Waals surface area contributed by atoms with Crippen LogP contribution in [0.2, 0.25) is 10.0 Å². The first-order chi connectivity index (χ1) is 12.9. The van der Waals surface area contributed by atoms with Crippen molar-refractivity contribution in [3.63, 3.8) is 0 Å². The average molecular weight is 412 g/mol. The lowest BCUT2D eigenvalue weighted by molar-refractivity contribution is -0.385. The molecule has 10 heteroatoms. The summed E-state index contributed by atoms with van der Waals surface area (Å²) in [5.74, 6) is 0.0299. The van der Waals surface area contributed by atoms with Crippen LogP contribution in [-0.2, 0) is 17.9 Å². The van der Waals surface area contributed by atoms with Crippen LogP contribution in [0.4, 0.5) is 5.69 Å². The van der Waals surface area contributed by atoms with Crippen LogP contribution < -0.4 is 0 Å². The highest BCUT2D eigenvalue weighted by atomic mass is 35.5. The van der Waals surface area contributed by atoms with E-state index in [2.05, 4.69) is 10.00 Å². The lowest BCUT2D eigenvalue weighted by atomic mass is 10.2. The van der Waals surface area contributed by atoms with Gasteiger partial charge >= 0.3 is 5.69 Å². The minimum Gasteiger partial charge on any atom is -0.340 e. The molecule has 0 N–H and O–H groups in total. The largest absolute Gasteiger partial charge is 0.340 e. The van der Waals surface area contributed by atoms with Gasteiger partial charge in [-0.1, -0.05) is 29.3 Å². The topological polar surface area (TPSA) is 84.5 Å². The van der Waals surface area contributed by atoms with E-state index in [-0.39, 0.29) is 18.0 Å². The van der Waals surface area contributed by atoms with Crippen molar-refractivity contribution < 1.29 is 9.72 Å². The SMILES string of the molecule is O=C(CCn1cc([N+](=O)[O-])cn1)N1CCN(Cc2ccc(Cl)c(Cl)c2)CC1. The molecule has 0 spiro atoms. The number of aromatic nitrogens is 2. The smallest absolute Gasteiger partial charge is 0.306 e. The fourth-order valence-electron chi connectivity index (χ4n) is 2.99. The molecule has 8 nitrogen and oxygen atoms in total. The number of rotatable bonds is 6. The second kappa shape index (κ2) is 8.69. The zero-order valence-corrected chi connectivity index (χ0v) is 16.1. The summed E-state index contributed by atoms with van der Waals surface area (Å²) < 4.78 is 1.43. The molecule has 0 radical (unpaired) electrons. The number of aryl methyl sites for hydroxylation is 1. The third-order valence-electron chi connectivity index (χ3n) is 4.50. The Hall–Kier alpha value is -2.16. The van der Waals surface area contributed by atoms with E-state index in [1.165, 1.54) is 17.1 Å². The summed E-state index contributed by atoms with van der Waals surface area (Å²) in [6.07, 6.45) is 2.79. The summed E-state index contributed by atoms with van der Waals surface area (Å²) in [4.78, 5) is 26.6. The number of hydrogen-bond donors (Lipinski definition) is 0. The van der Waals surface area contributed by atoms with Gasteiger partial charge in [-0.25, -0.2) is 0 Å². The maximum atomic E-state index is 12.4. The maximum absolute atomic E-state index is 12.4. The Kier molecular flexibility index (Phi) is 6.30. The van der Waals surface area contributed by atoms with Crippen molar-refractivity contribution in [3.05, 3.63) is 56.3 Å². The molecule has 1 aromatic heterocycles. The Labute approximate surface area is 166 Å². The Morgan fingerprint density at radius 1 is 1.19 bits per heavy atom. The van der Waals surface area contributed by atoms with E-state index in [0.717, 1.165) is 25.2 Å². The van der Waals surface area contributed by atoms with E-state index in [1.54, 1.807) is 6.07 Å². The van der Waals surface area contributed by atoms with Gasteiger partial charge in [0.15, 0.2) is 0 Å². The molecule has 27 heavy (non-hydrogen) atoms. The Bertz CT molecular complexity index is 834. The molecule has 2 aromatic rings. The number of benzene rings is 1. The van der Waals surface area contributed by atoms with Gasteiger partial charge in [0.1, 0.15) is 12.4 Å². The molecule has 1 aliphatic rings. The number of nitro groups is 1. The normalized spacial score (nSPS) is 15.1. The van der Waals surface area contributed by atoms with Gasteiger partial charge in [-0.2, -0.15) is 5.10 Å². The first-order valence-corrected chi connectivity index (χ1v) is 9.29. The average Bonchev–Trinajstić information content (AvgIpc) is 3.13. The van der Waals surface area contributed by atoms with Crippen molar-refractivity contribution in [2.45, 2.75) is 19.5 Å². The standard InChI is InChI=1S/C17H19Cl2N5O3/c18-15-2-1-13(9-16(15)19)11-21-5-7-22(8-6-21)17(25)3-4-23-12-14(10-20-23)24(26)27/h1-2,9-10,12H,3-8,11H2. The number of carbonyl (C=O) groups excluding carboxylic acids is 1. The lowest BCUT2D eigenvalue weighted by Crippen LogP contribution is -2.48. The van der Waals surface area contributed by atoms with Crippen LogP contribution in [0.25, 0.3) is 0 Å². The van der Waals surface area contributed by atoms with Crippen molar-refractivity contribution in [1.82, 2.24) is 19.6 Å². The van der Waals surface area contributed by atoms with E-state index in [9.17, 15) is 14.9 Å². The van der Waals surface area contributed by atoms with Crippen molar-refractivity contribution >= 4 is 34.8 Å². The van der Waals surface area contributed by atoms with E-state index in [0.29, 0.717) is 29.7 Å². The third-order valence-corrected chi connectivity index (χ3v) is 5.24. The summed E-state index contributed by atoms with van der Waals surface area (Å²) in [5.41, 5.74) is 1.02. The molecule has 1 aromatic carbocycles. The highest BCUT2D eigenvalue weighted by Gasteiger charge is 2.21. The molecular formula is C17H19Cl2N5O3. The molecule has 0 unspecified atom stereocenters. The molecule has 0 atom stereocenters. The maximum Gasteiger partial charge on any atom is 0.306 e. The predicted molar refractivity (Wildman–Crippen MR) is 102 cm³/mol. The van der Waals surface area contributed by atoms with Crippen LogP contribution in [0.5, 0.6) is 0 Å². The monoisotopic (exact) mass is 411 g/mol. The summed E-state index contributed by atoms with van der Waals surface area (Å²) in [5, 5.41) is 15.6. The quantitative estimate of drug-likeness (QED) is 0.538. The zero-order valence-electron chi connectivity index (χ0n) is 14.6. The fourth-order valence-corrected chi connectivity index (χ4v) is 3.31. The number of halogens is 2. The van der Waals surface area contributed by atoms with Crippen LogP contribution in [0.3, 0.4) is 0 Å². The van der Waals surface area contributed by atoms with Gasteiger partial charge in [0.25, 0.3) is 0 Å². The highest BCUT2D eigenvalue weighted by molar-refractivity contribution is 6.42. The van der Waals surface area contributed by atoms with Crippen molar-refractivity contribution in [3.8, 4) is 0 Å². The van der Waals surface area contributed by atoms with Gasteiger partial charge in [0.05, 0.1) is 15.0 Å². The third kappa shape index (κ3) is 5.18. The number of piperazine rings is 1. The van der Waals surface area contributed by atoms with Gasteiger partial charge in [-0.3, -0.25) is 24.5 Å². The van der Waals surface area contributed by atoms with E-state index >= 15 is 0 Å². The van der Waals surface area contributed by atoms with Crippen molar-refractivity contribution in [1.29, 1.82) is 0 Å². The zero-order chi connectivity index (χ0) is 19.4. The summed E-state index contributed by atoms with van der Waals surface area (Å²) in [7, 11) is 0. The first-order valence-electron chi connectivity index (χ1n) is 8.53. The molecule has 1 fully saturated rings. The number of carbonyl (C=O) groups is 1. The second-order valence-electron chi connectivity index (χ2n) is 6.37. The minimum atomic E-state index is -0.502. The molecule has 1 saturated heterocycles. The molecule has 0 bridgehead atoms. The van der Waals surface area contributed by atoms with Crippen LogP contribution in [0, 0.1) is 10.1 Å². The predicted octanol–water partition coefficient (Wildman–Crippen LogP) is 2.83. The van der Waals surface area contributed by atoms with Gasteiger partial charge in [-0.05, 0) is 17.7 Å². The van der Waals surface area contributed by atoms with Gasteiger partial charge in [0, 0.05) is 45.7 Å². The molecule has 3 rings (SSSR count). The van der Waals surface area contributed by atoms with Crippen LogP contribution in [0.15, 0.2) is 30.6 Å². The molecule has 0 saturated carbocycles. The number of hydrogen-bond acceptors (Lipinski definition) is 5. The second-order valence-corrected chi connectivity index (χ2v) is 7.19. The molecule has 144 valence electrons. The van der Waals surface area contributed by atoms with Crippen LogP contribution in [0.1, 0.15) is 12.0 Å². The van der Waals surface area contributed by atoms with E-state index in [4.69, 9.17) is 23.2 Å². The van der Waals surface area contributed by atoms with E-state index in [1.807, 2.05) is 17.0 Å². The molecule has 2 heterocycles. The molecule has 1 aliphatic heterocycles. The number of amides is 1. The van der Waals surface area contributed by atoms with E-state index < -0.39 is 4.92 Å². The van der Waals surface area contributed by atoms with Crippen LogP contribution >= 0.6 is 23.2 Å².